The number of rotatable bonds is 6. The summed E-state index contributed by atoms with van der Waals surface area (Å²) in [5.41, 5.74) is 0. The summed E-state index contributed by atoms with van der Waals surface area (Å²) in [5.74, 6) is 3.37. The Balaban J connectivity index is 1.68. The molecule has 22 heavy (non-hydrogen) atoms. The minimum absolute atomic E-state index is 0.182. The molecule has 0 heterocycles. The molecule has 0 radical (unpaired) electrons. The van der Waals surface area contributed by atoms with Crippen LogP contribution in [0.25, 0.3) is 0 Å². The molecule has 2 saturated carbocycles. The van der Waals surface area contributed by atoms with Crippen molar-refractivity contribution in [2.45, 2.75) is 78.1 Å². The molecule has 0 atom stereocenters. The molecule has 0 amide bonds. The minimum Gasteiger partial charge on any atom is -0.463 e. The second-order valence-corrected chi connectivity index (χ2v) is 7.36. The van der Waals surface area contributed by atoms with Crippen molar-refractivity contribution in [3.05, 3.63) is 12.2 Å². The smallest absolute Gasteiger partial charge is 0.330 e. The summed E-state index contributed by atoms with van der Waals surface area (Å²) in [6, 6.07) is 0. The molecule has 0 N–H and O–H groups in total. The maximum atomic E-state index is 11.4. The van der Waals surface area contributed by atoms with Crippen molar-refractivity contribution in [1.29, 1.82) is 0 Å². The van der Waals surface area contributed by atoms with E-state index >= 15 is 0 Å². The number of carbonyl (C=O) groups is 1. The van der Waals surface area contributed by atoms with Gasteiger partial charge in [0, 0.05) is 6.08 Å². The zero-order chi connectivity index (χ0) is 15.8. The molecule has 2 nitrogen and oxygen atoms in total. The normalized spacial score (nSPS) is 33.0. The SMILES string of the molecule is CCCC1CCC(C2CCC(/C=C/C(=O)OCC)CC2)CC1. The predicted octanol–water partition coefficient (Wildman–Crippen LogP) is 5.52. The summed E-state index contributed by atoms with van der Waals surface area (Å²) < 4.78 is 4.95. The molecule has 2 rings (SSSR count). The Labute approximate surface area is 136 Å². The summed E-state index contributed by atoms with van der Waals surface area (Å²) in [4.78, 5) is 11.4. The lowest BCUT2D eigenvalue weighted by Crippen LogP contribution is -2.25. The fourth-order valence-corrected chi connectivity index (χ4v) is 4.57. The highest BCUT2D eigenvalue weighted by molar-refractivity contribution is 5.81. The van der Waals surface area contributed by atoms with Gasteiger partial charge in [-0.05, 0) is 69.1 Å². The van der Waals surface area contributed by atoms with E-state index in [0.29, 0.717) is 12.5 Å². The Morgan fingerprint density at radius 3 is 2.09 bits per heavy atom. The van der Waals surface area contributed by atoms with E-state index in [4.69, 9.17) is 4.74 Å². The van der Waals surface area contributed by atoms with Crippen LogP contribution >= 0.6 is 0 Å². The Bertz CT molecular complexity index is 345. The van der Waals surface area contributed by atoms with Crippen LogP contribution in [0.1, 0.15) is 78.1 Å². The first-order valence-electron chi connectivity index (χ1n) is 9.57. The van der Waals surface area contributed by atoms with Gasteiger partial charge < -0.3 is 4.74 Å². The Morgan fingerprint density at radius 2 is 1.55 bits per heavy atom. The maximum Gasteiger partial charge on any atom is 0.330 e. The third-order valence-electron chi connectivity index (χ3n) is 5.86. The molecule has 0 unspecified atom stereocenters. The summed E-state index contributed by atoms with van der Waals surface area (Å²) in [6.07, 6.45) is 17.7. The largest absolute Gasteiger partial charge is 0.463 e. The highest BCUT2D eigenvalue weighted by Gasteiger charge is 2.30. The van der Waals surface area contributed by atoms with Gasteiger partial charge in [0.2, 0.25) is 0 Å². The standard InChI is InChI=1S/C20H34O2/c1-3-5-16-6-11-18(12-7-16)19-13-8-17(9-14-19)10-15-20(21)22-4-2/h10,15-19H,3-9,11-14H2,1-2H3/b15-10+. The molecule has 0 bridgehead atoms. The molecule has 0 aromatic carbocycles. The van der Waals surface area contributed by atoms with E-state index in [1.54, 1.807) is 6.08 Å². The van der Waals surface area contributed by atoms with Crippen LogP contribution in [0.2, 0.25) is 0 Å². The highest BCUT2D eigenvalue weighted by atomic mass is 16.5. The van der Waals surface area contributed by atoms with E-state index < -0.39 is 0 Å². The van der Waals surface area contributed by atoms with Crippen LogP contribution in [0.5, 0.6) is 0 Å². The van der Waals surface area contributed by atoms with Crippen molar-refractivity contribution in [3.8, 4) is 0 Å². The lowest BCUT2D eigenvalue weighted by molar-refractivity contribution is -0.137. The van der Waals surface area contributed by atoms with Gasteiger partial charge in [0.25, 0.3) is 0 Å². The predicted molar refractivity (Wildman–Crippen MR) is 91.6 cm³/mol. The maximum absolute atomic E-state index is 11.4. The topological polar surface area (TPSA) is 26.3 Å². The van der Waals surface area contributed by atoms with E-state index in [-0.39, 0.29) is 5.97 Å². The van der Waals surface area contributed by atoms with Crippen molar-refractivity contribution in [1.82, 2.24) is 0 Å². The molecule has 0 aromatic heterocycles. The van der Waals surface area contributed by atoms with Crippen LogP contribution in [0.15, 0.2) is 12.2 Å². The number of hydrogen-bond donors (Lipinski definition) is 0. The number of esters is 1. The third-order valence-corrected chi connectivity index (χ3v) is 5.86. The molecule has 2 aliphatic rings. The first-order valence-corrected chi connectivity index (χ1v) is 9.57. The summed E-state index contributed by atoms with van der Waals surface area (Å²) in [5, 5.41) is 0. The van der Waals surface area contributed by atoms with Crippen LogP contribution in [0.3, 0.4) is 0 Å². The lowest BCUT2D eigenvalue weighted by Gasteiger charge is -2.37. The molecule has 2 heteroatoms. The molecule has 0 saturated heterocycles. The number of ether oxygens (including phenoxy) is 1. The van der Waals surface area contributed by atoms with Gasteiger partial charge in [-0.25, -0.2) is 4.79 Å². The molecule has 0 aliphatic heterocycles. The van der Waals surface area contributed by atoms with Gasteiger partial charge in [0.1, 0.15) is 0 Å². The van der Waals surface area contributed by atoms with Crippen LogP contribution in [-0.2, 0) is 9.53 Å². The summed E-state index contributed by atoms with van der Waals surface area (Å²) >= 11 is 0. The van der Waals surface area contributed by atoms with E-state index in [1.807, 2.05) is 6.92 Å². The van der Waals surface area contributed by atoms with Crippen molar-refractivity contribution in [2.75, 3.05) is 6.61 Å². The van der Waals surface area contributed by atoms with Crippen LogP contribution < -0.4 is 0 Å². The van der Waals surface area contributed by atoms with E-state index in [0.717, 1.165) is 17.8 Å². The Hall–Kier alpha value is -0.790. The molecule has 0 spiro atoms. The summed E-state index contributed by atoms with van der Waals surface area (Å²) in [7, 11) is 0. The van der Waals surface area contributed by atoms with Crippen molar-refractivity contribution >= 4 is 5.97 Å². The molecule has 126 valence electrons. The fraction of sp³-hybridized carbons (Fsp3) is 0.850. The van der Waals surface area contributed by atoms with Gasteiger partial charge in [-0.15, -0.1) is 0 Å². The first-order chi connectivity index (χ1) is 10.7. The average molecular weight is 306 g/mol. The summed E-state index contributed by atoms with van der Waals surface area (Å²) in [6.45, 7) is 4.64. The Morgan fingerprint density at radius 1 is 0.955 bits per heavy atom. The van der Waals surface area contributed by atoms with Crippen LogP contribution in [-0.4, -0.2) is 12.6 Å². The van der Waals surface area contributed by atoms with Gasteiger partial charge in [-0.3, -0.25) is 0 Å². The van der Waals surface area contributed by atoms with Gasteiger partial charge in [-0.1, -0.05) is 38.7 Å². The zero-order valence-electron chi connectivity index (χ0n) is 14.6. The van der Waals surface area contributed by atoms with E-state index in [1.165, 1.54) is 64.2 Å². The number of hydrogen-bond acceptors (Lipinski definition) is 2. The molecular weight excluding hydrogens is 272 g/mol. The van der Waals surface area contributed by atoms with Crippen molar-refractivity contribution in [2.24, 2.45) is 23.7 Å². The first kappa shape index (κ1) is 17.6. The molecule has 2 aliphatic carbocycles. The van der Waals surface area contributed by atoms with Crippen molar-refractivity contribution < 1.29 is 9.53 Å². The number of allylic oxidation sites excluding steroid dienone is 1. The minimum atomic E-state index is -0.182. The third kappa shape index (κ3) is 5.44. The second-order valence-electron chi connectivity index (χ2n) is 7.36. The zero-order valence-corrected chi connectivity index (χ0v) is 14.6. The van der Waals surface area contributed by atoms with Crippen LogP contribution in [0, 0.1) is 23.7 Å². The lowest BCUT2D eigenvalue weighted by atomic mass is 9.69. The van der Waals surface area contributed by atoms with Gasteiger partial charge in [0.15, 0.2) is 0 Å². The second kappa shape index (κ2) is 9.37. The molecular formula is C20H34O2. The van der Waals surface area contributed by atoms with Gasteiger partial charge in [-0.2, -0.15) is 0 Å². The average Bonchev–Trinajstić information content (AvgIpc) is 2.55. The van der Waals surface area contributed by atoms with Gasteiger partial charge >= 0.3 is 5.97 Å². The van der Waals surface area contributed by atoms with E-state index in [9.17, 15) is 4.79 Å². The monoisotopic (exact) mass is 306 g/mol. The quantitative estimate of drug-likeness (QED) is 0.477. The van der Waals surface area contributed by atoms with Gasteiger partial charge in [0.05, 0.1) is 6.61 Å². The Kier molecular flexibility index (Phi) is 7.48. The molecule has 2 fully saturated rings. The van der Waals surface area contributed by atoms with Crippen molar-refractivity contribution in [3.63, 3.8) is 0 Å². The number of carbonyl (C=O) groups excluding carboxylic acids is 1. The molecule has 0 aromatic rings. The fourth-order valence-electron chi connectivity index (χ4n) is 4.57. The van der Waals surface area contributed by atoms with E-state index in [2.05, 4.69) is 13.0 Å². The van der Waals surface area contributed by atoms with Crippen LogP contribution in [0.4, 0.5) is 0 Å². The highest BCUT2D eigenvalue weighted by Crippen LogP contribution is 2.42.